The zero-order chi connectivity index (χ0) is 42.1. The minimum atomic E-state index is -4.54. The van der Waals surface area contributed by atoms with Gasteiger partial charge in [0.15, 0.2) is 0 Å². The Bertz CT molecular complexity index is 3050. The van der Waals surface area contributed by atoms with Crippen molar-refractivity contribution in [1.29, 1.82) is 0 Å². The lowest BCUT2D eigenvalue weighted by Gasteiger charge is -2.08. The van der Waals surface area contributed by atoms with Gasteiger partial charge in [-0.15, -0.1) is 0 Å². The van der Waals surface area contributed by atoms with Crippen molar-refractivity contribution >= 4 is 79.2 Å². The van der Waals surface area contributed by atoms with Gasteiger partial charge in [-0.05, 0) is 104 Å². The van der Waals surface area contributed by atoms with E-state index in [1.54, 1.807) is 36.4 Å². The molecule has 2 amide bonds. The summed E-state index contributed by atoms with van der Waals surface area (Å²) in [6.07, 6.45) is -3.57. The molecule has 0 bridgehead atoms. The summed E-state index contributed by atoms with van der Waals surface area (Å²) < 4.78 is 37.8. The van der Waals surface area contributed by atoms with Gasteiger partial charge < -0.3 is 20.6 Å². The topological polar surface area (TPSA) is 116 Å². The van der Waals surface area contributed by atoms with E-state index in [9.17, 15) is 22.8 Å². The number of pyridine rings is 2. The Morgan fingerprint density at radius 1 is 0.600 bits per heavy atom. The number of alkyl halides is 3. The fourth-order valence-corrected chi connectivity index (χ4v) is 7.56. The van der Waals surface area contributed by atoms with Gasteiger partial charge >= 0.3 is 6.18 Å². The Kier molecular flexibility index (Phi) is 10.9. The average molecular weight is 842 g/mol. The van der Waals surface area contributed by atoms with E-state index in [1.165, 1.54) is 16.7 Å². The van der Waals surface area contributed by atoms with Crippen LogP contribution < -0.4 is 10.6 Å². The monoisotopic (exact) mass is 840 g/mol. The zero-order valence-electron chi connectivity index (χ0n) is 31.9. The molecule has 0 saturated carbocycles. The molecule has 8 nitrogen and oxygen atoms in total. The summed E-state index contributed by atoms with van der Waals surface area (Å²) in [7, 11) is 0. The smallest absolute Gasteiger partial charge is 0.354 e. The lowest BCUT2D eigenvalue weighted by Crippen LogP contribution is -2.13. The Morgan fingerprint density at radius 3 is 1.77 bits per heavy atom. The Labute approximate surface area is 351 Å². The van der Waals surface area contributed by atoms with Crippen LogP contribution in [0, 0.1) is 13.8 Å². The fraction of sp³-hybridized carbons (Fsp3) is 0.0638. The first kappa shape index (κ1) is 39.9. The molecule has 60 heavy (non-hydrogen) atoms. The zero-order valence-corrected chi connectivity index (χ0v) is 33.4. The summed E-state index contributed by atoms with van der Waals surface area (Å²) in [5.41, 5.74) is 8.58. The molecule has 0 unspecified atom stereocenters. The van der Waals surface area contributed by atoms with Crippen LogP contribution in [-0.4, -0.2) is 31.8 Å². The summed E-state index contributed by atoms with van der Waals surface area (Å²) in [6, 6.07) is 39.8. The molecule has 0 fully saturated rings. The third-order valence-electron chi connectivity index (χ3n) is 9.90. The van der Waals surface area contributed by atoms with Crippen molar-refractivity contribution in [2.24, 2.45) is 0 Å². The Morgan fingerprint density at radius 2 is 1.17 bits per heavy atom. The second-order valence-electron chi connectivity index (χ2n) is 14.1. The minimum absolute atomic E-state index is 0.156. The number of aromatic nitrogens is 4. The van der Waals surface area contributed by atoms with Gasteiger partial charge in [0.05, 0.1) is 27.4 Å². The number of nitrogens with one attached hydrogen (secondary N) is 4. The van der Waals surface area contributed by atoms with Gasteiger partial charge in [-0.2, -0.15) is 13.2 Å². The van der Waals surface area contributed by atoms with Crippen LogP contribution in [-0.2, 0) is 6.18 Å². The maximum Gasteiger partial charge on any atom is 0.433 e. The third kappa shape index (κ3) is 8.45. The summed E-state index contributed by atoms with van der Waals surface area (Å²) in [5.74, 6) is -0.116. The molecule has 9 rings (SSSR count). The molecule has 0 aliphatic heterocycles. The van der Waals surface area contributed by atoms with Crippen molar-refractivity contribution in [2.45, 2.75) is 20.0 Å². The summed E-state index contributed by atoms with van der Waals surface area (Å²) in [5, 5.41) is 9.38. The quantitative estimate of drug-likeness (QED) is 0.133. The fourth-order valence-electron chi connectivity index (χ4n) is 6.96. The van der Waals surface area contributed by atoms with E-state index in [4.69, 9.17) is 23.2 Å². The van der Waals surface area contributed by atoms with Crippen LogP contribution in [0.4, 0.5) is 24.7 Å². The van der Waals surface area contributed by atoms with Crippen LogP contribution >= 0.6 is 23.2 Å². The van der Waals surface area contributed by atoms with E-state index < -0.39 is 17.8 Å². The van der Waals surface area contributed by atoms with Crippen LogP contribution in [0.3, 0.4) is 0 Å². The molecule has 9 aromatic rings. The number of anilines is 2. The molecule has 0 radical (unpaired) electrons. The maximum atomic E-state index is 12.8. The highest BCUT2D eigenvalue weighted by Crippen LogP contribution is 2.36. The highest BCUT2D eigenvalue weighted by molar-refractivity contribution is 6.39. The maximum absolute atomic E-state index is 12.8. The standard InChI is InChI=1S/C26H21N3O.C21H12Cl2F3N3O/c1-16-6-5-7-17(2)25(16)23-14-19-10-11-20(15-22(19)27-23)26(30)29-24-13-12-18-8-3-4-9-21(18)28-24;22-14-2-1-3-15(23)19(14)17-8-11-4-5-12(9-16(11)29-17)20(30)28-13-6-7-18(27-10-13)21(24,25)26/h3-15,27H,1-2H3,(H,28,29,30);1-10,29H,(H,28,30). The summed E-state index contributed by atoms with van der Waals surface area (Å²) in [4.78, 5) is 39.8. The average Bonchev–Trinajstić information content (AvgIpc) is 3.84. The van der Waals surface area contributed by atoms with Gasteiger partial charge in [-0.25, -0.2) is 9.97 Å². The van der Waals surface area contributed by atoms with Crippen LogP contribution in [0.5, 0.6) is 0 Å². The predicted molar refractivity (Wildman–Crippen MR) is 234 cm³/mol. The highest BCUT2D eigenvalue weighted by atomic mass is 35.5. The lowest BCUT2D eigenvalue weighted by atomic mass is 10.0. The number of hydrogen-bond donors (Lipinski definition) is 4. The van der Waals surface area contributed by atoms with Gasteiger partial charge in [0.2, 0.25) is 0 Å². The van der Waals surface area contributed by atoms with Crippen molar-refractivity contribution in [2.75, 3.05) is 10.6 Å². The number of carbonyl (C=O) groups excluding carboxylic acids is 2. The minimum Gasteiger partial charge on any atom is -0.354 e. The molecule has 4 heterocycles. The number of benzene rings is 5. The number of fused-ring (bicyclic) bond motifs is 3. The van der Waals surface area contributed by atoms with Crippen molar-refractivity contribution in [3.63, 3.8) is 0 Å². The van der Waals surface area contributed by atoms with Crippen molar-refractivity contribution in [3.05, 3.63) is 178 Å². The molecule has 13 heteroatoms. The van der Waals surface area contributed by atoms with Crippen molar-refractivity contribution in [3.8, 4) is 22.5 Å². The summed E-state index contributed by atoms with van der Waals surface area (Å²) >= 11 is 12.5. The molecule has 0 saturated heterocycles. The van der Waals surface area contributed by atoms with E-state index >= 15 is 0 Å². The molecule has 4 aromatic heterocycles. The van der Waals surface area contributed by atoms with Crippen LogP contribution in [0.15, 0.2) is 140 Å². The van der Waals surface area contributed by atoms with Crippen LogP contribution in [0.25, 0.3) is 55.2 Å². The number of para-hydroxylation sites is 1. The summed E-state index contributed by atoms with van der Waals surface area (Å²) in [6.45, 7) is 4.23. The largest absolute Gasteiger partial charge is 0.433 e. The highest BCUT2D eigenvalue weighted by Gasteiger charge is 2.32. The normalized spacial score (nSPS) is 11.4. The second-order valence-corrected chi connectivity index (χ2v) is 14.9. The lowest BCUT2D eigenvalue weighted by molar-refractivity contribution is -0.141. The van der Waals surface area contributed by atoms with Crippen molar-refractivity contribution < 1.29 is 22.8 Å². The van der Waals surface area contributed by atoms with Gasteiger partial charge in [-0.1, -0.05) is 77.8 Å². The molecule has 0 aliphatic carbocycles. The number of halogens is 5. The first-order valence-electron chi connectivity index (χ1n) is 18.6. The molecule has 298 valence electrons. The van der Waals surface area contributed by atoms with E-state index in [0.717, 1.165) is 51.2 Å². The first-order chi connectivity index (χ1) is 28.8. The van der Waals surface area contributed by atoms with Gasteiger partial charge in [0, 0.05) is 60.8 Å². The number of rotatable bonds is 6. The molecule has 0 aliphatic rings. The number of carbonyl (C=O) groups is 2. The third-order valence-corrected chi connectivity index (χ3v) is 10.5. The first-order valence-corrected chi connectivity index (χ1v) is 19.3. The van der Waals surface area contributed by atoms with Crippen LogP contribution in [0.1, 0.15) is 37.5 Å². The molecular formula is C47H33Cl2F3N6O2. The van der Waals surface area contributed by atoms with Crippen molar-refractivity contribution in [1.82, 2.24) is 19.9 Å². The van der Waals surface area contributed by atoms with Gasteiger partial charge in [0.25, 0.3) is 11.8 Å². The molecular weight excluding hydrogens is 808 g/mol. The molecule has 5 aromatic carbocycles. The number of aryl methyl sites for hydroxylation is 2. The number of H-pyrrole nitrogens is 2. The Balaban J connectivity index is 0.000000166. The number of nitrogens with zero attached hydrogens (tertiary/aromatic N) is 2. The number of amides is 2. The molecule has 0 atom stereocenters. The Hall–Kier alpha value is -6.95. The van der Waals surface area contributed by atoms with E-state index in [2.05, 4.69) is 68.7 Å². The molecule has 0 spiro atoms. The van der Waals surface area contributed by atoms with E-state index in [1.807, 2.05) is 60.7 Å². The predicted octanol–water partition coefficient (Wildman–Crippen LogP) is 13.1. The number of aromatic amines is 2. The van der Waals surface area contributed by atoms with E-state index in [-0.39, 0.29) is 11.6 Å². The van der Waals surface area contributed by atoms with E-state index in [0.29, 0.717) is 43.8 Å². The second kappa shape index (κ2) is 16.4. The number of hydrogen-bond acceptors (Lipinski definition) is 4. The van der Waals surface area contributed by atoms with Crippen LogP contribution in [0.2, 0.25) is 10.0 Å². The SMILES string of the molecule is Cc1cccc(C)c1-c1cc2ccc(C(=O)Nc3ccc4ccccc4n3)cc2[nH]1.O=C(Nc1ccc(C(F)(F)F)nc1)c1ccc2cc(-c3c(Cl)cccc3Cl)[nH]c2c1. The molecule has 4 N–H and O–H groups in total. The van der Waals surface area contributed by atoms with Gasteiger partial charge in [-0.3, -0.25) is 9.59 Å². The van der Waals surface area contributed by atoms with Gasteiger partial charge in [0.1, 0.15) is 11.5 Å².